The van der Waals surface area contributed by atoms with Gasteiger partial charge >= 0.3 is 0 Å². The fourth-order valence-corrected chi connectivity index (χ4v) is 2.51. The Bertz CT molecular complexity index is 700. The Kier molecular flexibility index (Phi) is 5.09. The van der Waals surface area contributed by atoms with Gasteiger partial charge in [-0.2, -0.15) is 0 Å². The summed E-state index contributed by atoms with van der Waals surface area (Å²) in [6.07, 6.45) is 0. The number of carbonyl (C=O) groups excluding carboxylic acids is 1. The van der Waals surface area contributed by atoms with Crippen molar-refractivity contribution in [1.82, 2.24) is 5.32 Å². The molecule has 3 N–H and O–H groups in total. The van der Waals surface area contributed by atoms with Crippen molar-refractivity contribution in [1.29, 1.82) is 0 Å². The highest BCUT2D eigenvalue weighted by Gasteiger charge is 2.11. The molecule has 0 spiro atoms. The van der Waals surface area contributed by atoms with Gasteiger partial charge in [-0.15, -0.1) is 0 Å². The van der Waals surface area contributed by atoms with Crippen LogP contribution in [0.1, 0.15) is 27.0 Å². The number of thiocarbonyl (C=S) groups is 1. The van der Waals surface area contributed by atoms with Crippen LogP contribution in [0.25, 0.3) is 0 Å². The lowest BCUT2D eigenvalue weighted by molar-refractivity contribution is 0.0950. The summed E-state index contributed by atoms with van der Waals surface area (Å²) >= 11 is 8.39. The minimum atomic E-state index is -0.119. The number of carbonyl (C=O) groups is 1. The van der Waals surface area contributed by atoms with Crippen molar-refractivity contribution in [2.45, 2.75) is 13.5 Å². The van der Waals surface area contributed by atoms with Gasteiger partial charge in [0.2, 0.25) is 0 Å². The van der Waals surface area contributed by atoms with Crippen LogP contribution in [0, 0.1) is 6.92 Å². The summed E-state index contributed by atoms with van der Waals surface area (Å²) in [5.74, 6) is -0.119. The van der Waals surface area contributed by atoms with E-state index in [1.165, 1.54) is 0 Å². The van der Waals surface area contributed by atoms with Gasteiger partial charge in [0, 0.05) is 16.6 Å². The summed E-state index contributed by atoms with van der Waals surface area (Å²) in [7, 11) is 0. The second kappa shape index (κ2) is 6.83. The first-order valence-electron chi connectivity index (χ1n) is 6.41. The highest BCUT2D eigenvalue weighted by atomic mass is 79.9. The van der Waals surface area contributed by atoms with E-state index in [0.717, 1.165) is 21.2 Å². The van der Waals surface area contributed by atoms with E-state index < -0.39 is 0 Å². The molecular formula is C16H15BrN2OS. The van der Waals surface area contributed by atoms with Crippen LogP contribution in [0.15, 0.2) is 46.9 Å². The van der Waals surface area contributed by atoms with Crippen molar-refractivity contribution >= 4 is 39.0 Å². The van der Waals surface area contributed by atoms with Crippen molar-refractivity contribution in [2.24, 2.45) is 5.73 Å². The molecule has 3 nitrogen and oxygen atoms in total. The lowest BCUT2D eigenvalue weighted by Gasteiger charge is -2.09. The van der Waals surface area contributed by atoms with Crippen molar-refractivity contribution in [3.8, 4) is 0 Å². The smallest absolute Gasteiger partial charge is 0.252 e. The molecule has 0 saturated heterocycles. The molecule has 0 fully saturated rings. The van der Waals surface area contributed by atoms with Crippen LogP contribution in [-0.4, -0.2) is 10.9 Å². The van der Waals surface area contributed by atoms with Crippen molar-refractivity contribution < 1.29 is 4.79 Å². The third-order valence-electron chi connectivity index (χ3n) is 3.10. The molecule has 108 valence electrons. The Hall–Kier alpha value is -1.72. The van der Waals surface area contributed by atoms with E-state index in [9.17, 15) is 4.79 Å². The average molecular weight is 363 g/mol. The molecule has 5 heteroatoms. The molecule has 1 amide bonds. The molecule has 0 heterocycles. The molecule has 0 aliphatic heterocycles. The largest absolute Gasteiger partial charge is 0.389 e. The van der Waals surface area contributed by atoms with Crippen molar-refractivity contribution in [2.75, 3.05) is 0 Å². The number of benzene rings is 2. The lowest BCUT2D eigenvalue weighted by atomic mass is 10.1. The van der Waals surface area contributed by atoms with E-state index in [4.69, 9.17) is 18.0 Å². The lowest BCUT2D eigenvalue weighted by Crippen LogP contribution is -2.23. The van der Waals surface area contributed by atoms with Gasteiger partial charge in [0.15, 0.2) is 0 Å². The van der Waals surface area contributed by atoms with Gasteiger partial charge < -0.3 is 11.1 Å². The molecule has 21 heavy (non-hydrogen) atoms. The maximum Gasteiger partial charge on any atom is 0.252 e. The highest BCUT2D eigenvalue weighted by molar-refractivity contribution is 9.10. The summed E-state index contributed by atoms with van der Waals surface area (Å²) in [5, 5.41) is 2.90. The number of rotatable bonds is 4. The van der Waals surface area contributed by atoms with E-state index >= 15 is 0 Å². The fraction of sp³-hybridized carbons (Fsp3) is 0.125. The topological polar surface area (TPSA) is 55.1 Å². The molecule has 2 rings (SSSR count). The zero-order valence-corrected chi connectivity index (χ0v) is 13.9. The normalized spacial score (nSPS) is 10.2. The third kappa shape index (κ3) is 3.89. The molecule has 0 bridgehead atoms. The molecule has 0 aliphatic rings. The van der Waals surface area contributed by atoms with Gasteiger partial charge in [0.25, 0.3) is 5.91 Å². The predicted molar refractivity (Wildman–Crippen MR) is 92.4 cm³/mol. The van der Waals surface area contributed by atoms with Crippen molar-refractivity contribution in [3.63, 3.8) is 0 Å². The van der Waals surface area contributed by atoms with Gasteiger partial charge in [-0.05, 0) is 46.1 Å². The maximum absolute atomic E-state index is 12.2. The first-order chi connectivity index (χ1) is 9.99. The van der Waals surface area contributed by atoms with E-state index in [1.807, 2.05) is 43.3 Å². The molecular weight excluding hydrogens is 348 g/mol. The number of halogens is 1. The van der Waals surface area contributed by atoms with E-state index in [-0.39, 0.29) is 5.91 Å². The van der Waals surface area contributed by atoms with Crippen LogP contribution in [0.4, 0.5) is 0 Å². The quantitative estimate of drug-likeness (QED) is 0.820. The second-order valence-corrected chi connectivity index (χ2v) is 5.92. The fourth-order valence-electron chi connectivity index (χ4n) is 1.93. The van der Waals surface area contributed by atoms with E-state index in [0.29, 0.717) is 17.1 Å². The third-order valence-corrected chi connectivity index (χ3v) is 4.39. The van der Waals surface area contributed by atoms with Crippen molar-refractivity contribution in [3.05, 3.63) is 69.2 Å². The average Bonchev–Trinajstić information content (AvgIpc) is 2.48. The van der Waals surface area contributed by atoms with Crippen LogP contribution < -0.4 is 11.1 Å². The number of hydrogen-bond donors (Lipinski definition) is 2. The van der Waals surface area contributed by atoms with Gasteiger partial charge in [0.1, 0.15) is 4.99 Å². The molecule has 0 unspecified atom stereocenters. The zero-order chi connectivity index (χ0) is 15.4. The zero-order valence-electron chi connectivity index (χ0n) is 11.5. The molecule has 0 aromatic heterocycles. The van der Waals surface area contributed by atoms with Gasteiger partial charge in [0.05, 0.1) is 5.56 Å². The maximum atomic E-state index is 12.2. The Morgan fingerprint density at radius 3 is 2.71 bits per heavy atom. The van der Waals surface area contributed by atoms with Gasteiger partial charge in [-0.25, -0.2) is 0 Å². The summed E-state index contributed by atoms with van der Waals surface area (Å²) in [5.41, 5.74) is 9.01. The molecule has 0 radical (unpaired) electrons. The van der Waals surface area contributed by atoms with Crippen LogP contribution in [0.5, 0.6) is 0 Å². The van der Waals surface area contributed by atoms with Crippen LogP contribution in [-0.2, 0) is 6.54 Å². The number of nitrogens with two attached hydrogens (primary N) is 1. The second-order valence-electron chi connectivity index (χ2n) is 4.68. The molecule has 0 aliphatic carbocycles. The molecule has 2 aromatic carbocycles. The van der Waals surface area contributed by atoms with Gasteiger partial charge in [-0.3, -0.25) is 4.79 Å². The molecule has 2 aromatic rings. The Labute approximate surface area is 137 Å². The summed E-state index contributed by atoms with van der Waals surface area (Å²) in [6, 6.07) is 13.1. The highest BCUT2D eigenvalue weighted by Crippen LogP contribution is 2.21. The monoisotopic (exact) mass is 362 g/mol. The SMILES string of the molecule is Cc1cccc(C(=O)NCc2cccc(C(N)=S)c2)c1Br. The number of hydrogen-bond acceptors (Lipinski definition) is 2. The van der Waals surface area contributed by atoms with Crippen LogP contribution in [0.3, 0.4) is 0 Å². The minimum absolute atomic E-state index is 0.119. The Morgan fingerprint density at radius 1 is 1.29 bits per heavy atom. The van der Waals surface area contributed by atoms with Crippen LogP contribution >= 0.6 is 28.1 Å². The Balaban J connectivity index is 2.09. The summed E-state index contributed by atoms with van der Waals surface area (Å²) in [6.45, 7) is 2.38. The minimum Gasteiger partial charge on any atom is -0.389 e. The summed E-state index contributed by atoms with van der Waals surface area (Å²) in [4.78, 5) is 12.6. The van der Waals surface area contributed by atoms with E-state index in [1.54, 1.807) is 6.07 Å². The van der Waals surface area contributed by atoms with Crippen LogP contribution in [0.2, 0.25) is 0 Å². The first kappa shape index (κ1) is 15.7. The predicted octanol–water partition coefficient (Wildman–Crippen LogP) is 3.32. The standard InChI is InChI=1S/C16H15BrN2OS/c1-10-4-2-7-13(14(10)17)16(20)19-9-11-5-3-6-12(8-11)15(18)21/h2-8H,9H2,1H3,(H2,18,21)(H,19,20). The molecule has 0 saturated carbocycles. The van der Waals surface area contributed by atoms with Gasteiger partial charge in [-0.1, -0.05) is 42.5 Å². The number of aryl methyl sites for hydroxylation is 1. The molecule has 0 atom stereocenters. The number of amides is 1. The Morgan fingerprint density at radius 2 is 2.00 bits per heavy atom. The number of nitrogens with one attached hydrogen (secondary N) is 1. The summed E-state index contributed by atoms with van der Waals surface area (Å²) < 4.78 is 0.819. The van der Waals surface area contributed by atoms with E-state index in [2.05, 4.69) is 21.2 Å². The first-order valence-corrected chi connectivity index (χ1v) is 7.61.